The van der Waals surface area contributed by atoms with Gasteiger partial charge in [-0.05, 0) is 12.1 Å². The number of methoxy groups -OCH3 is 3. The number of para-hydroxylation sites is 1. The Kier molecular flexibility index (Phi) is 7.08. The number of aliphatic hydroxyl groups excluding tert-OH is 4. The molecule has 2 aromatic rings. The van der Waals surface area contributed by atoms with E-state index in [1.54, 1.807) is 24.3 Å². The van der Waals surface area contributed by atoms with Crippen LogP contribution >= 0.6 is 0 Å². The van der Waals surface area contributed by atoms with Gasteiger partial charge in [0.25, 0.3) is 0 Å². The highest BCUT2D eigenvalue weighted by molar-refractivity contribution is 5.82. The number of benzene rings is 2. The molecule has 31 heavy (non-hydrogen) atoms. The van der Waals surface area contributed by atoms with Crippen molar-refractivity contribution < 1.29 is 49.2 Å². The fourth-order valence-corrected chi connectivity index (χ4v) is 3.42. The molecule has 1 fully saturated rings. The second-order valence-electron chi connectivity index (χ2n) is 6.85. The molecule has 170 valence electrons. The van der Waals surface area contributed by atoms with Crippen LogP contribution < -0.4 is 18.9 Å². The fourth-order valence-electron chi connectivity index (χ4n) is 3.42. The molecule has 5 atom stereocenters. The van der Waals surface area contributed by atoms with Crippen molar-refractivity contribution in [1.82, 2.24) is 0 Å². The molecule has 1 aliphatic rings. The lowest BCUT2D eigenvalue weighted by molar-refractivity contribution is -0.277. The van der Waals surface area contributed by atoms with Crippen LogP contribution in [-0.4, -0.2) is 84.2 Å². The zero-order chi connectivity index (χ0) is 22.7. The highest BCUT2D eigenvalue weighted by atomic mass is 16.7. The highest BCUT2D eigenvalue weighted by Gasteiger charge is 2.45. The summed E-state index contributed by atoms with van der Waals surface area (Å²) in [6, 6.07) is 8.49. The molecule has 0 aliphatic carbocycles. The maximum Gasteiger partial charge on any atom is 0.229 e. The summed E-state index contributed by atoms with van der Waals surface area (Å²) in [5.74, 6) is 0.0740. The van der Waals surface area contributed by atoms with Crippen molar-refractivity contribution in [3.8, 4) is 39.9 Å². The third-order valence-corrected chi connectivity index (χ3v) is 5.08. The van der Waals surface area contributed by atoms with Gasteiger partial charge in [-0.15, -0.1) is 0 Å². The van der Waals surface area contributed by atoms with E-state index in [1.807, 2.05) is 0 Å². The molecule has 10 nitrogen and oxygen atoms in total. The smallest absolute Gasteiger partial charge is 0.229 e. The van der Waals surface area contributed by atoms with Crippen LogP contribution in [0.2, 0.25) is 0 Å². The first-order valence-electron chi connectivity index (χ1n) is 9.46. The van der Waals surface area contributed by atoms with Gasteiger partial charge in [0.1, 0.15) is 30.2 Å². The van der Waals surface area contributed by atoms with Gasteiger partial charge in [0, 0.05) is 11.1 Å². The van der Waals surface area contributed by atoms with E-state index < -0.39 is 37.3 Å². The molecule has 10 heteroatoms. The van der Waals surface area contributed by atoms with E-state index in [0.717, 1.165) is 0 Å². The third kappa shape index (κ3) is 4.21. The molecule has 0 amide bonds. The number of aromatic hydroxyl groups is 1. The Bertz CT molecular complexity index is 900. The van der Waals surface area contributed by atoms with Crippen molar-refractivity contribution in [2.45, 2.75) is 30.7 Å². The average molecular weight is 438 g/mol. The van der Waals surface area contributed by atoms with Crippen LogP contribution in [0.25, 0.3) is 11.1 Å². The summed E-state index contributed by atoms with van der Waals surface area (Å²) in [6.07, 6.45) is -7.50. The van der Waals surface area contributed by atoms with Crippen LogP contribution in [0.4, 0.5) is 0 Å². The van der Waals surface area contributed by atoms with Gasteiger partial charge in [0.05, 0.1) is 27.9 Å². The summed E-state index contributed by atoms with van der Waals surface area (Å²) in [4.78, 5) is 0. The SMILES string of the molecule is COc1ccccc1-c1cc(OC)c(O)c(OC)c1O[C@@H]1O[C@H](CO)[C@@H](O)[C@H](O)[C@H]1O. The normalized spacial score (nSPS) is 25.7. The standard InChI is InChI=1S/C21H26O10/c1-27-12-7-5-4-6-10(12)11-8-13(28-2)16(24)20(29-3)19(11)31-21-18(26)17(25)15(23)14(9-22)30-21/h4-8,14-15,17-18,21-26H,9H2,1-3H3/t14-,15-,17+,18-,21+/m1/s1. The van der Waals surface area contributed by atoms with Crippen LogP contribution in [0.5, 0.6) is 28.7 Å². The maximum absolute atomic E-state index is 10.6. The van der Waals surface area contributed by atoms with Crippen LogP contribution in [0.1, 0.15) is 0 Å². The molecule has 0 bridgehead atoms. The van der Waals surface area contributed by atoms with Crippen molar-refractivity contribution >= 4 is 0 Å². The van der Waals surface area contributed by atoms with Gasteiger partial charge in [-0.1, -0.05) is 18.2 Å². The Balaban J connectivity index is 2.15. The van der Waals surface area contributed by atoms with Gasteiger partial charge in [0.2, 0.25) is 17.8 Å². The quantitative estimate of drug-likeness (QED) is 0.408. The van der Waals surface area contributed by atoms with Gasteiger partial charge in [0.15, 0.2) is 11.5 Å². The molecule has 0 saturated carbocycles. The van der Waals surface area contributed by atoms with Crippen LogP contribution in [-0.2, 0) is 4.74 Å². The van der Waals surface area contributed by atoms with E-state index in [4.69, 9.17) is 23.7 Å². The number of hydrogen-bond acceptors (Lipinski definition) is 10. The minimum atomic E-state index is -1.66. The number of phenols is 1. The Labute approximate surface area is 178 Å². The molecule has 0 unspecified atom stereocenters. The summed E-state index contributed by atoms with van der Waals surface area (Å²) < 4.78 is 27.3. The molecule has 0 radical (unpaired) electrons. The van der Waals surface area contributed by atoms with E-state index in [9.17, 15) is 25.5 Å². The van der Waals surface area contributed by atoms with Crippen LogP contribution in [0, 0.1) is 0 Å². The lowest BCUT2D eigenvalue weighted by Gasteiger charge is -2.40. The molecular formula is C21H26O10. The molecule has 1 heterocycles. The third-order valence-electron chi connectivity index (χ3n) is 5.08. The predicted molar refractivity (Wildman–Crippen MR) is 108 cm³/mol. The van der Waals surface area contributed by atoms with Gasteiger partial charge < -0.3 is 49.2 Å². The number of ether oxygens (including phenoxy) is 5. The zero-order valence-corrected chi connectivity index (χ0v) is 17.3. The number of rotatable bonds is 7. The summed E-state index contributed by atoms with van der Waals surface area (Å²) in [5, 5.41) is 50.5. The Morgan fingerprint density at radius 2 is 1.52 bits per heavy atom. The predicted octanol–water partition coefficient (Wildman–Crippen LogP) is 0.264. The largest absolute Gasteiger partial charge is 0.502 e. The monoisotopic (exact) mass is 438 g/mol. The van der Waals surface area contributed by atoms with E-state index >= 15 is 0 Å². The van der Waals surface area contributed by atoms with E-state index in [0.29, 0.717) is 16.9 Å². The number of aliphatic hydroxyl groups is 4. The molecule has 2 aromatic carbocycles. The number of phenolic OH excluding ortho intramolecular Hbond substituents is 1. The van der Waals surface area contributed by atoms with Gasteiger partial charge in [-0.3, -0.25) is 0 Å². The first-order valence-corrected chi connectivity index (χ1v) is 9.46. The fraction of sp³-hybridized carbons (Fsp3) is 0.429. The van der Waals surface area contributed by atoms with Gasteiger partial charge in [-0.25, -0.2) is 0 Å². The first-order chi connectivity index (χ1) is 14.9. The number of hydrogen-bond donors (Lipinski definition) is 5. The topological polar surface area (TPSA) is 147 Å². The second kappa shape index (κ2) is 9.58. The molecule has 0 spiro atoms. The van der Waals surface area contributed by atoms with Gasteiger partial charge >= 0.3 is 0 Å². The molecule has 5 N–H and O–H groups in total. The van der Waals surface area contributed by atoms with Crippen molar-refractivity contribution in [3.63, 3.8) is 0 Å². The van der Waals surface area contributed by atoms with E-state index in [-0.39, 0.29) is 23.0 Å². The van der Waals surface area contributed by atoms with Crippen molar-refractivity contribution in [1.29, 1.82) is 0 Å². The summed E-state index contributed by atoms with van der Waals surface area (Å²) in [6.45, 7) is -0.616. The van der Waals surface area contributed by atoms with Crippen molar-refractivity contribution in [2.24, 2.45) is 0 Å². The summed E-state index contributed by atoms with van der Waals surface area (Å²) in [7, 11) is 4.17. The lowest BCUT2D eigenvalue weighted by atomic mass is 9.99. The average Bonchev–Trinajstić information content (AvgIpc) is 2.79. The molecule has 0 aromatic heterocycles. The zero-order valence-electron chi connectivity index (χ0n) is 17.3. The van der Waals surface area contributed by atoms with E-state index in [1.165, 1.54) is 27.4 Å². The van der Waals surface area contributed by atoms with Crippen molar-refractivity contribution in [2.75, 3.05) is 27.9 Å². The van der Waals surface area contributed by atoms with Crippen LogP contribution in [0.3, 0.4) is 0 Å². The summed E-state index contributed by atoms with van der Waals surface area (Å²) >= 11 is 0. The minimum Gasteiger partial charge on any atom is -0.502 e. The summed E-state index contributed by atoms with van der Waals surface area (Å²) in [5.41, 5.74) is 0.933. The van der Waals surface area contributed by atoms with Crippen molar-refractivity contribution in [3.05, 3.63) is 30.3 Å². The van der Waals surface area contributed by atoms with Crippen LogP contribution in [0.15, 0.2) is 30.3 Å². The second-order valence-corrected chi connectivity index (χ2v) is 6.85. The van der Waals surface area contributed by atoms with E-state index in [2.05, 4.69) is 0 Å². The molecule has 1 aliphatic heterocycles. The Morgan fingerprint density at radius 3 is 2.13 bits per heavy atom. The van der Waals surface area contributed by atoms with Gasteiger partial charge in [-0.2, -0.15) is 0 Å². The molecule has 1 saturated heterocycles. The Morgan fingerprint density at radius 1 is 0.839 bits per heavy atom. The maximum atomic E-state index is 10.6. The Hall–Kier alpha value is -2.76. The highest BCUT2D eigenvalue weighted by Crippen LogP contribution is 2.51. The minimum absolute atomic E-state index is 0.0328. The molecule has 3 rings (SSSR count). The first kappa shape index (κ1) is 22.9. The molecular weight excluding hydrogens is 412 g/mol. The lowest BCUT2D eigenvalue weighted by Crippen LogP contribution is -2.60.